The number of benzene rings is 2. The molecule has 0 aliphatic carbocycles. The van der Waals surface area contributed by atoms with E-state index in [0.29, 0.717) is 29.3 Å². The van der Waals surface area contributed by atoms with Crippen LogP contribution in [0.4, 0.5) is 0 Å². The fourth-order valence-corrected chi connectivity index (χ4v) is 3.16. The summed E-state index contributed by atoms with van der Waals surface area (Å²) in [6.45, 7) is 0.226. The highest BCUT2D eigenvalue weighted by Crippen LogP contribution is 2.23. The monoisotopic (exact) mass is 423 g/mol. The SMILES string of the molecule is N#Cc1cccnc1Oc1ccc(C[C@@H](CO)NC[C@@H](O)c2cccc(Cl)c2)cc1. The Bertz CT molecular complexity index is 1010. The summed E-state index contributed by atoms with van der Waals surface area (Å²) in [5, 5.41) is 32.9. The van der Waals surface area contributed by atoms with E-state index in [9.17, 15) is 10.2 Å². The standard InChI is InChI=1S/C23H22ClN3O3/c24-19-5-1-3-17(12-19)22(29)14-27-20(15-28)11-16-6-8-21(9-7-16)30-23-18(13-25)4-2-10-26-23/h1-10,12,20,22,27-29H,11,14-15H2/t20-,22+/m0/s1. The van der Waals surface area contributed by atoms with Crippen LogP contribution in [0.2, 0.25) is 5.02 Å². The predicted octanol–water partition coefficient (Wildman–Crippen LogP) is 3.63. The van der Waals surface area contributed by atoms with E-state index < -0.39 is 6.10 Å². The van der Waals surface area contributed by atoms with Gasteiger partial charge in [0, 0.05) is 23.8 Å². The normalized spacial score (nSPS) is 12.7. The van der Waals surface area contributed by atoms with Crippen LogP contribution in [0.5, 0.6) is 11.6 Å². The molecule has 3 rings (SSSR count). The molecule has 0 saturated heterocycles. The molecule has 154 valence electrons. The summed E-state index contributed by atoms with van der Waals surface area (Å²) in [7, 11) is 0. The van der Waals surface area contributed by atoms with Crippen LogP contribution in [0.1, 0.15) is 22.8 Å². The third-order valence-corrected chi connectivity index (χ3v) is 4.80. The molecule has 3 N–H and O–H groups in total. The van der Waals surface area contributed by atoms with E-state index in [1.54, 1.807) is 48.7 Å². The summed E-state index contributed by atoms with van der Waals surface area (Å²) in [5.41, 5.74) is 2.08. The van der Waals surface area contributed by atoms with Crippen molar-refractivity contribution in [2.24, 2.45) is 0 Å². The van der Waals surface area contributed by atoms with E-state index >= 15 is 0 Å². The lowest BCUT2D eigenvalue weighted by Gasteiger charge is -2.19. The van der Waals surface area contributed by atoms with Crippen LogP contribution in [0.15, 0.2) is 66.9 Å². The second kappa shape index (κ2) is 10.7. The van der Waals surface area contributed by atoms with Crippen molar-refractivity contribution in [1.82, 2.24) is 10.3 Å². The molecular formula is C23H22ClN3O3. The third-order valence-electron chi connectivity index (χ3n) is 4.57. The second-order valence-corrected chi connectivity index (χ2v) is 7.21. The third kappa shape index (κ3) is 6.02. The number of nitriles is 1. The van der Waals surface area contributed by atoms with Gasteiger partial charge in [-0.2, -0.15) is 5.26 Å². The highest BCUT2D eigenvalue weighted by Gasteiger charge is 2.13. The van der Waals surface area contributed by atoms with Crippen molar-refractivity contribution in [3.05, 3.63) is 88.6 Å². The van der Waals surface area contributed by atoms with Crippen LogP contribution in [-0.2, 0) is 6.42 Å². The van der Waals surface area contributed by atoms with Crippen LogP contribution < -0.4 is 10.1 Å². The predicted molar refractivity (Wildman–Crippen MR) is 114 cm³/mol. The Hall–Kier alpha value is -2.95. The van der Waals surface area contributed by atoms with Crippen LogP contribution in [-0.4, -0.2) is 34.4 Å². The molecule has 30 heavy (non-hydrogen) atoms. The Morgan fingerprint density at radius 1 is 1.13 bits per heavy atom. The van der Waals surface area contributed by atoms with Gasteiger partial charge in [0.05, 0.1) is 12.7 Å². The number of pyridine rings is 1. The fourth-order valence-electron chi connectivity index (χ4n) is 2.96. The molecule has 0 aliphatic heterocycles. The largest absolute Gasteiger partial charge is 0.438 e. The lowest BCUT2D eigenvalue weighted by atomic mass is 10.1. The van der Waals surface area contributed by atoms with Crippen LogP contribution >= 0.6 is 11.6 Å². The average Bonchev–Trinajstić information content (AvgIpc) is 2.78. The molecule has 1 aromatic heterocycles. The molecule has 0 radical (unpaired) electrons. The molecule has 0 saturated carbocycles. The number of halogens is 1. The van der Waals surface area contributed by atoms with Gasteiger partial charge in [-0.15, -0.1) is 0 Å². The zero-order valence-corrected chi connectivity index (χ0v) is 17.0. The summed E-state index contributed by atoms with van der Waals surface area (Å²) in [4.78, 5) is 4.08. The second-order valence-electron chi connectivity index (χ2n) is 6.78. The van der Waals surface area contributed by atoms with Crippen molar-refractivity contribution in [1.29, 1.82) is 5.26 Å². The van der Waals surface area contributed by atoms with Gasteiger partial charge in [0.1, 0.15) is 17.4 Å². The van der Waals surface area contributed by atoms with Crippen molar-refractivity contribution in [3.63, 3.8) is 0 Å². The number of rotatable bonds is 9. The van der Waals surface area contributed by atoms with Crippen molar-refractivity contribution < 1.29 is 14.9 Å². The molecule has 6 nitrogen and oxygen atoms in total. The maximum atomic E-state index is 10.3. The van der Waals surface area contributed by atoms with E-state index in [-0.39, 0.29) is 18.5 Å². The molecule has 0 aliphatic rings. The van der Waals surface area contributed by atoms with Crippen molar-refractivity contribution >= 4 is 11.6 Å². The number of hydrogen-bond acceptors (Lipinski definition) is 6. The summed E-state index contributed by atoms with van der Waals surface area (Å²) in [6, 6.07) is 19.6. The van der Waals surface area contributed by atoms with Gasteiger partial charge in [-0.05, 0) is 53.9 Å². The molecule has 2 atom stereocenters. The van der Waals surface area contributed by atoms with Crippen LogP contribution in [0.25, 0.3) is 0 Å². The first-order chi connectivity index (χ1) is 14.6. The number of hydrogen-bond donors (Lipinski definition) is 3. The first-order valence-corrected chi connectivity index (χ1v) is 9.86. The Balaban J connectivity index is 1.56. The zero-order chi connectivity index (χ0) is 21.3. The van der Waals surface area contributed by atoms with Gasteiger partial charge in [-0.25, -0.2) is 4.98 Å². The molecule has 0 bridgehead atoms. The minimum absolute atomic E-state index is 0.0695. The van der Waals surface area contributed by atoms with Gasteiger partial charge in [-0.1, -0.05) is 35.9 Å². The molecule has 0 amide bonds. The highest BCUT2D eigenvalue weighted by molar-refractivity contribution is 6.30. The molecular weight excluding hydrogens is 402 g/mol. The fraction of sp³-hybridized carbons (Fsp3) is 0.217. The van der Waals surface area contributed by atoms with E-state index in [1.807, 2.05) is 24.3 Å². The van der Waals surface area contributed by atoms with Gasteiger partial charge in [0.2, 0.25) is 5.88 Å². The minimum Gasteiger partial charge on any atom is -0.438 e. The lowest BCUT2D eigenvalue weighted by Crippen LogP contribution is -2.37. The van der Waals surface area contributed by atoms with E-state index in [0.717, 1.165) is 11.1 Å². The van der Waals surface area contributed by atoms with Gasteiger partial charge >= 0.3 is 0 Å². The minimum atomic E-state index is -0.721. The smallest absolute Gasteiger partial charge is 0.237 e. The number of aliphatic hydroxyl groups excluding tert-OH is 2. The molecule has 1 heterocycles. The molecule has 2 aromatic carbocycles. The quantitative estimate of drug-likeness (QED) is 0.486. The molecule has 0 fully saturated rings. The summed E-state index contributed by atoms with van der Waals surface area (Å²) in [5.74, 6) is 0.830. The number of nitrogens with one attached hydrogen (secondary N) is 1. The lowest BCUT2D eigenvalue weighted by molar-refractivity contribution is 0.158. The topological polar surface area (TPSA) is 98.4 Å². The number of ether oxygens (including phenoxy) is 1. The number of nitrogens with zero attached hydrogens (tertiary/aromatic N) is 2. The Kier molecular flexibility index (Phi) is 7.77. The maximum absolute atomic E-state index is 10.3. The highest BCUT2D eigenvalue weighted by atomic mass is 35.5. The van der Waals surface area contributed by atoms with Gasteiger partial charge in [-0.3, -0.25) is 0 Å². The first-order valence-electron chi connectivity index (χ1n) is 9.48. The average molecular weight is 424 g/mol. The molecule has 3 aromatic rings. The Morgan fingerprint density at radius 2 is 1.93 bits per heavy atom. The summed E-state index contributed by atoms with van der Waals surface area (Å²) in [6.07, 6.45) is 1.42. The van der Waals surface area contributed by atoms with Gasteiger partial charge in [0.25, 0.3) is 0 Å². The summed E-state index contributed by atoms with van der Waals surface area (Å²) >= 11 is 5.97. The molecule has 0 spiro atoms. The molecule has 0 unspecified atom stereocenters. The Labute approximate surface area is 180 Å². The first kappa shape index (κ1) is 21.8. The number of aliphatic hydroxyl groups is 2. The van der Waals surface area contributed by atoms with Crippen LogP contribution in [0, 0.1) is 11.3 Å². The maximum Gasteiger partial charge on any atom is 0.237 e. The van der Waals surface area contributed by atoms with Crippen molar-refractivity contribution in [2.45, 2.75) is 18.6 Å². The van der Waals surface area contributed by atoms with Crippen molar-refractivity contribution in [2.75, 3.05) is 13.2 Å². The van der Waals surface area contributed by atoms with Crippen molar-refractivity contribution in [3.8, 4) is 17.7 Å². The number of aromatic nitrogens is 1. The van der Waals surface area contributed by atoms with E-state index in [2.05, 4.69) is 10.3 Å². The van der Waals surface area contributed by atoms with E-state index in [1.165, 1.54) is 0 Å². The van der Waals surface area contributed by atoms with E-state index in [4.69, 9.17) is 21.6 Å². The van der Waals surface area contributed by atoms with Gasteiger partial charge < -0.3 is 20.3 Å². The zero-order valence-electron chi connectivity index (χ0n) is 16.2. The Morgan fingerprint density at radius 3 is 2.63 bits per heavy atom. The van der Waals surface area contributed by atoms with Gasteiger partial charge in [0.15, 0.2) is 0 Å². The molecule has 7 heteroatoms. The summed E-state index contributed by atoms with van der Waals surface area (Å²) < 4.78 is 5.68. The van der Waals surface area contributed by atoms with Crippen LogP contribution in [0.3, 0.4) is 0 Å².